The quantitative estimate of drug-likeness (QED) is 0.569. The minimum absolute atomic E-state index is 0.217. The maximum absolute atomic E-state index is 5.80. The number of oxazole rings is 1. The highest BCUT2D eigenvalue weighted by Crippen LogP contribution is 2.18. The summed E-state index contributed by atoms with van der Waals surface area (Å²) >= 11 is 0. The van der Waals surface area contributed by atoms with Gasteiger partial charge in [-0.05, 0) is 46.2 Å². The van der Waals surface area contributed by atoms with E-state index in [0.717, 1.165) is 48.4 Å². The summed E-state index contributed by atoms with van der Waals surface area (Å²) in [5, 5.41) is 6.50. The van der Waals surface area contributed by atoms with E-state index in [2.05, 4.69) is 56.5 Å². The summed E-state index contributed by atoms with van der Waals surface area (Å²) in [6.45, 7) is 13.6. The summed E-state index contributed by atoms with van der Waals surface area (Å²) in [6, 6.07) is 4.15. The van der Waals surface area contributed by atoms with Gasteiger partial charge in [0.2, 0.25) is 5.89 Å². The Morgan fingerprint density at radius 3 is 2.55 bits per heavy atom. The number of morpholine rings is 1. The number of nitrogens with one attached hydrogen (secondary N) is 2. The van der Waals surface area contributed by atoms with Gasteiger partial charge in [-0.15, -0.1) is 0 Å². The number of anilines is 1. The predicted octanol–water partition coefficient (Wildman–Crippen LogP) is 2.56. The Hall–Kier alpha value is -2.61. The molecule has 0 bridgehead atoms. The third kappa shape index (κ3) is 5.93. The molecule has 8 heteroatoms. The summed E-state index contributed by atoms with van der Waals surface area (Å²) in [7, 11) is 0. The zero-order valence-corrected chi connectivity index (χ0v) is 18.0. The van der Waals surface area contributed by atoms with Gasteiger partial charge in [0, 0.05) is 25.8 Å². The second-order valence-corrected chi connectivity index (χ2v) is 7.48. The number of aliphatic imine (C=N–C) groups is 1. The fraction of sp³-hybridized carbons (Fsp3) is 0.571. The van der Waals surface area contributed by atoms with Crippen LogP contribution < -0.4 is 15.5 Å². The van der Waals surface area contributed by atoms with Gasteiger partial charge in [-0.2, -0.15) is 0 Å². The van der Waals surface area contributed by atoms with E-state index < -0.39 is 0 Å². The highest BCUT2D eigenvalue weighted by atomic mass is 16.5. The monoisotopic (exact) mass is 400 g/mol. The van der Waals surface area contributed by atoms with Crippen LogP contribution in [0, 0.1) is 13.8 Å². The molecular formula is C21H32N6O2. The van der Waals surface area contributed by atoms with Gasteiger partial charge in [-0.3, -0.25) is 0 Å². The molecule has 1 fully saturated rings. The average Bonchev–Trinajstić information content (AvgIpc) is 3.01. The maximum Gasteiger partial charge on any atom is 0.214 e. The molecule has 158 valence electrons. The second-order valence-electron chi connectivity index (χ2n) is 7.48. The van der Waals surface area contributed by atoms with Crippen LogP contribution in [0.15, 0.2) is 27.7 Å². The molecule has 1 aliphatic rings. The Morgan fingerprint density at radius 1 is 1.21 bits per heavy atom. The van der Waals surface area contributed by atoms with Gasteiger partial charge in [0.15, 0.2) is 5.96 Å². The molecule has 8 nitrogen and oxygen atoms in total. The Morgan fingerprint density at radius 2 is 1.97 bits per heavy atom. The molecule has 1 saturated heterocycles. The lowest BCUT2D eigenvalue weighted by atomic mass is 10.2. The number of aromatic nitrogens is 2. The lowest BCUT2D eigenvalue weighted by molar-refractivity contribution is -0.00545. The SMILES string of the molecule is CCNC(=NCc1ccc(N2CC(C)OC(C)C2)nc1)NCc1nc(C)c(C)o1. The average molecular weight is 401 g/mol. The fourth-order valence-electron chi connectivity index (χ4n) is 3.35. The zero-order chi connectivity index (χ0) is 20.8. The molecule has 2 unspecified atom stereocenters. The van der Waals surface area contributed by atoms with Crippen molar-refractivity contribution in [3.63, 3.8) is 0 Å². The zero-order valence-electron chi connectivity index (χ0n) is 18.0. The Kier molecular flexibility index (Phi) is 7.09. The molecule has 0 spiro atoms. The number of hydrogen-bond donors (Lipinski definition) is 2. The van der Waals surface area contributed by atoms with Crippen LogP contribution in [0.2, 0.25) is 0 Å². The van der Waals surface area contributed by atoms with E-state index in [1.165, 1.54) is 0 Å². The molecule has 3 rings (SSSR count). The van der Waals surface area contributed by atoms with Crippen LogP contribution in [-0.4, -0.2) is 47.8 Å². The molecule has 2 atom stereocenters. The van der Waals surface area contributed by atoms with Crippen molar-refractivity contribution in [2.24, 2.45) is 4.99 Å². The number of aryl methyl sites for hydroxylation is 2. The van der Waals surface area contributed by atoms with Crippen molar-refractivity contribution in [1.29, 1.82) is 0 Å². The molecule has 0 radical (unpaired) electrons. The number of pyridine rings is 1. The van der Waals surface area contributed by atoms with Crippen LogP contribution in [-0.2, 0) is 17.8 Å². The fourth-order valence-corrected chi connectivity index (χ4v) is 3.35. The summed E-state index contributed by atoms with van der Waals surface area (Å²) in [5.41, 5.74) is 1.97. The van der Waals surface area contributed by atoms with Gasteiger partial charge in [-0.1, -0.05) is 6.07 Å². The third-order valence-electron chi connectivity index (χ3n) is 4.80. The third-order valence-corrected chi connectivity index (χ3v) is 4.80. The first-order chi connectivity index (χ1) is 13.9. The van der Waals surface area contributed by atoms with Gasteiger partial charge >= 0.3 is 0 Å². The summed E-state index contributed by atoms with van der Waals surface area (Å²) in [6.07, 6.45) is 2.33. The van der Waals surface area contributed by atoms with E-state index in [4.69, 9.17) is 9.15 Å². The van der Waals surface area contributed by atoms with E-state index >= 15 is 0 Å². The van der Waals surface area contributed by atoms with Gasteiger partial charge in [-0.25, -0.2) is 15.0 Å². The van der Waals surface area contributed by atoms with Gasteiger partial charge in [0.05, 0.1) is 31.0 Å². The van der Waals surface area contributed by atoms with Crippen LogP contribution in [0.1, 0.15) is 43.7 Å². The van der Waals surface area contributed by atoms with Crippen LogP contribution in [0.3, 0.4) is 0 Å². The van der Waals surface area contributed by atoms with Crippen molar-refractivity contribution < 1.29 is 9.15 Å². The second kappa shape index (κ2) is 9.73. The smallest absolute Gasteiger partial charge is 0.214 e. The number of rotatable bonds is 6. The molecule has 3 heterocycles. The van der Waals surface area contributed by atoms with Crippen LogP contribution in [0.5, 0.6) is 0 Å². The number of hydrogen-bond acceptors (Lipinski definition) is 6. The van der Waals surface area contributed by atoms with E-state index in [0.29, 0.717) is 19.0 Å². The first-order valence-electron chi connectivity index (χ1n) is 10.2. The Labute approximate surface area is 172 Å². The van der Waals surface area contributed by atoms with E-state index in [1.54, 1.807) is 0 Å². The molecule has 0 aromatic carbocycles. The number of ether oxygens (including phenoxy) is 1. The molecule has 0 saturated carbocycles. The highest BCUT2D eigenvalue weighted by Gasteiger charge is 2.22. The molecule has 2 N–H and O–H groups in total. The molecule has 29 heavy (non-hydrogen) atoms. The van der Waals surface area contributed by atoms with Crippen molar-refractivity contribution >= 4 is 11.8 Å². The normalized spacial score (nSPS) is 20.0. The lowest BCUT2D eigenvalue weighted by Gasteiger charge is -2.36. The van der Waals surface area contributed by atoms with Crippen LogP contribution in [0.4, 0.5) is 5.82 Å². The minimum Gasteiger partial charge on any atom is -0.444 e. The number of nitrogens with zero attached hydrogens (tertiary/aromatic N) is 4. The topological polar surface area (TPSA) is 87.8 Å². The molecule has 2 aromatic rings. The van der Waals surface area contributed by atoms with Crippen molar-refractivity contribution in [2.75, 3.05) is 24.5 Å². The first-order valence-corrected chi connectivity index (χ1v) is 10.2. The lowest BCUT2D eigenvalue weighted by Crippen LogP contribution is -2.45. The maximum atomic E-state index is 5.80. The predicted molar refractivity (Wildman–Crippen MR) is 114 cm³/mol. The van der Waals surface area contributed by atoms with Crippen molar-refractivity contribution in [3.8, 4) is 0 Å². The Bertz CT molecular complexity index is 788. The minimum atomic E-state index is 0.217. The van der Waals surface area contributed by atoms with Crippen molar-refractivity contribution in [1.82, 2.24) is 20.6 Å². The number of guanidine groups is 1. The summed E-state index contributed by atoms with van der Waals surface area (Å²) in [5.74, 6) is 3.21. The van der Waals surface area contributed by atoms with Crippen LogP contribution in [0.25, 0.3) is 0 Å². The van der Waals surface area contributed by atoms with Crippen LogP contribution >= 0.6 is 0 Å². The Balaban J connectivity index is 1.58. The molecule has 1 aliphatic heterocycles. The molecule has 0 aliphatic carbocycles. The van der Waals surface area contributed by atoms with Crippen molar-refractivity contribution in [2.45, 2.75) is 59.9 Å². The summed E-state index contributed by atoms with van der Waals surface area (Å²) in [4.78, 5) is 15.9. The summed E-state index contributed by atoms with van der Waals surface area (Å²) < 4.78 is 11.4. The first kappa shape index (κ1) is 21.1. The molecule has 2 aromatic heterocycles. The van der Waals surface area contributed by atoms with Crippen molar-refractivity contribution in [3.05, 3.63) is 41.2 Å². The van der Waals surface area contributed by atoms with E-state index in [9.17, 15) is 0 Å². The van der Waals surface area contributed by atoms with Gasteiger partial charge < -0.3 is 24.7 Å². The molecule has 0 amide bonds. The van der Waals surface area contributed by atoms with Gasteiger partial charge in [0.25, 0.3) is 0 Å². The van der Waals surface area contributed by atoms with E-state index in [-0.39, 0.29) is 12.2 Å². The molecular weight excluding hydrogens is 368 g/mol. The highest BCUT2D eigenvalue weighted by molar-refractivity contribution is 5.79. The largest absolute Gasteiger partial charge is 0.444 e. The van der Waals surface area contributed by atoms with Gasteiger partial charge in [0.1, 0.15) is 11.6 Å². The van der Waals surface area contributed by atoms with E-state index in [1.807, 2.05) is 27.0 Å². The standard InChI is InChI=1S/C21H32N6O2/c1-6-22-21(25-11-20-26-16(4)17(5)29-20)24-10-18-7-8-19(23-9-18)27-12-14(2)28-15(3)13-27/h7-9,14-15H,6,10-13H2,1-5H3,(H2,22,24,25).